The Morgan fingerprint density at radius 1 is 0.765 bits per heavy atom. The summed E-state index contributed by atoms with van der Waals surface area (Å²) in [5, 5.41) is 0. The zero-order chi connectivity index (χ0) is 12.3. The molecule has 102 valence electrons. The highest BCUT2D eigenvalue weighted by Crippen LogP contribution is 2.19. The highest BCUT2D eigenvalue weighted by Gasteiger charge is 2.17. The van der Waals surface area contributed by atoms with Gasteiger partial charge in [0, 0.05) is 6.04 Å². The molecule has 1 unspecified atom stereocenters. The lowest BCUT2D eigenvalue weighted by Crippen LogP contribution is -2.36. The molecule has 0 spiro atoms. The summed E-state index contributed by atoms with van der Waals surface area (Å²) in [6, 6.07) is 0.887. The van der Waals surface area contributed by atoms with Crippen LogP contribution in [0.5, 0.6) is 0 Å². The molecule has 1 aliphatic heterocycles. The summed E-state index contributed by atoms with van der Waals surface area (Å²) in [4.78, 5) is 2.82. The van der Waals surface area contributed by atoms with Crippen LogP contribution in [0.25, 0.3) is 0 Å². The van der Waals surface area contributed by atoms with Crippen LogP contribution in [-0.4, -0.2) is 24.0 Å². The summed E-state index contributed by atoms with van der Waals surface area (Å²) < 4.78 is 0. The Labute approximate surface area is 109 Å². The molecule has 0 radical (unpaired) electrons. The molecule has 1 nitrogen and oxygen atoms in total. The largest absolute Gasteiger partial charge is 0.300 e. The van der Waals surface area contributed by atoms with Crippen LogP contribution in [0.3, 0.4) is 0 Å². The van der Waals surface area contributed by atoms with E-state index in [9.17, 15) is 0 Å². The molecule has 0 N–H and O–H groups in total. The third kappa shape index (κ3) is 6.45. The monoisotopic (exact) mass is 239 g/mol. The molecular formula is C16H33N. The van der Waals surface area contributed by atoms with E-state index in [0.717, 1.165) is 6.04 Å². The highest BCUT2D eigenvalue weighted by atomic mass is 15.1. The second kappa shape index (κ2) is 9.94. The van der Waals surface area contributed by atoms with Gasteiger partial charge in [0.2, 0.25) is 0 Å². The Morgan fingerprint density at radius 3 is 1.88 bits per heavy atom. The highest BCUT2D eigenvalue weighted by molar-refractivity contribution is 4.73. The van der Waals surface area contributed by atoms with Gasteiger partial charge in [0.25, 0.3) is 0 Å². The summed E-state index contributed by atoms with van der Waals surface area (Å²) in [7, 11) is 0. The molecular weight excluding hydrogens is 206 g/mol. The van der Waals surface area contributed by atoms with Crippen molar-refractivity contribution in [3.63, 3.8) is 0 Å². The van der Waals surface area contributed by atoms with E-state index < -0.39 is 0 Å². The second-order valence-electron chi connectivity index (χ2n) is 5.74. The lowest BCUT2D eigenvalue weighted by Gasteiger charge is -2.31. The molecule has 1 aliphatic rings. The smallest absolute Gasteiger partial charge is 0.00951 e. The molecule has 0 aromatic heterocycles. The first-order valence-corrected chi connectivity index (χ1v) is 8.12. The third-order valence-corrected chi connectivity index (χ3v) is 4.17. The summed E-state index contributed by atoms with van der Waals surface area (Å²) in [5.41, 5.74) is 0. The standard InChI is InChI=1S/C16H33N/c1-3-5-13-16(12-4-2)17-14-10-8-6-7-9-11-15-17/h16H,3-15H2,1-2H3. The van der Waals surface area contributed by atoms with Gasteiger partial charge in [-0.1, -0.05) is 58.8 Å². The molecule has 1 heteroatoms. The van der Waals surface area contributed by atoms with Crippen molar-refractivity contribution in [1.82, 2.24) is 4.90 Å². The molecule has 1 saturated heterocycles. The predicted octanol–water partition coefficient (Wildman–Crippen LogP) is 5.00. The van der Waals surface area contributed by atoms with Crippen molar-refractivity contribution in [1.29, 1.82) is 0 Å². The third-order valence-electron chi connectivity index (χ3n) is 4.17. The summed E-state index contributed by atoms with van der Waals surface area (Å²) >= 11 is 0. The van der Waals surface area contributed by atoms with Crippen LogP contribution >= 0.6 is 0 Å². The van der Waals surface area contributed by atoms with E-state index in [1.165, 1.54) is 83.7 Å². The van der Waals surface area contributed by atoms with Crippen LogP contribution in [0.2, 0.25) is 0 Å². The summed E-state index contributed by atoms with van der Waals surface area (Å²) in [6.07, 6.45) is 15.7. The van der Waals surface area contributed by atoms with Crippen molar-refractivity contribution >= 4 is 0 Å². The van der Waals surface area contributed by atoms with Crippen LogP contribution in [0.4, 0.5) is 0 Å². The normalized spacial score (nSPS) is 21.5. The average molecular weight is 239 g/mol. The first kappa shape index (κ1) is 15.0. The lowest BCUT2D eigenvalue weighted by atomic mass is 10.0. The second-order valence-corrected chi connectivity index (χ2v) is 5.74. The van der Waals surface area contributed by atoms with Crippen molar-refractivity contribution in [3.8, 4) is 0 Å². The number of hydrogen-bond acceptors (Lipinski definition) is 1. The van der Waals surface area contributed by atoms with E-state index in [1.54, 1.807) is 0 Å². The van der Waals surface area contributed by atoms with Gasteiger partial charge in [-0.15, -0.1) is 0 Å². The van der Waals surface area contributed by atoms with E-state index in [1.807, 2.05) is 0 Å². The first-order valence-electron chi connectivity index (χ1n) is 8.12. The van der Waals surface area contributed by atoms with Gasteiger partial charge in [-0.25, -0.2) is 0 Å². The Bertz CT molecular complexity index is 157. The lowest BCUT2D eigenvalue weighted by molar-refractivity contribution is 0.170. The van der Waals surface area contributed by atoms with Gasteiger partial charge >= 0.3 is 0 Å². The number of unbranched alkanes of at least 4 members (excludes halogenated alkanes) is 1. The Hall–Kier alpha value is -0.0400. The molecule has 0 aliphatic carbocycles. The van der Waals surface area contributed by atoms with E-state index in [0.29, 0.717) is 0 Å². The maximum absolute atomic E-state index is 2.82. The van der Waals surface area contributed by atoms with Crippen LogP contribution < -0.4 is 0 Å². The topological polar surface area (TPSA) is 3.24 Å². The fraction of sp³-hybridized carbons (Fsp3) is 1.00. The zero-order valence-electron chi connectivity index (χ0n) is 12.2. The minimum Gasteiger partial charge on any atom is -0.300 e. The van der Waals surface area contributed by atoms with Gasteiger partial charge in [0.1, 0.15) is 0 Å². The van der Waals surface area contributed by atoms with Gasteiger partial charge in [-0.3, -0.25) is 0 Å². The minimum atomic E-state index is 0.887. The van der Waals surface area contributed by atoms with Crippen molar-refractivity contribution in [2.45, 2.75) is 90.5 Å². The molecule has 1 fully saturated rings. The van der Waals surface area contributed by atoms with Crippen LogP contribution in [0, 0.1) is 0 Å². The molecule has 0 aromatic rings. The molecule has 1 atom stereocenters. The van der Waals surface area contributed by atoms with Crippen molar-refractivity contribution in [3.05, 3.63) is 0 Å². The maximum atomic E-state index is 2.82. The van der Waals surface area contributed by atoms with Crippen LogP contribution in [0.1, 0.15) is 84.5 Å². The average Bonchev–Trinajstić information content (AvgIpc) is 2.48. The number of nitrogens with zero attached hydrogens (tertiary/aromatic N) is 1. The quantitative estimate of drug-likeness (QED) is 0.630. The minimum absolute atomic E-state index is 0.887. The Morgan fingerprint density at radius 2 is 1.35 bits per heavy atom. The van der Waals surface area contributed by atoms with Crippen LogP contribution in [0.15, 0.2) is 0 Å². The fourth-order valence-corrected chi connectivity index (χ4v) is 3.10. The number of rotatable bonds is 6. The summed E-state index contributed by atoms with van der Waals surface area (Å²) in [5.74, 6) is 0. The van der Waals surface area contributed by atoms with Crippen molar-refractivity contribution in [2.24, 2.45) is 0 Å². The predicted molar refractivity (Wildman–Crippen MR) is 77.5 cm³/mol. The Kier molecular flexibility index (Phi) is 8.78. The maximum Gasteiger partial charge on any atom is 0.00951 e. The zero-order valence-corrected chi connectivity index (χ0v) is 12.2. The molecule has 0 bridgehead atoms. The molecule has 0 saturated carbocycles. The van der Waals surface area contributed by atoms with Crippen molar-refractivity contribution in [2.75, 3.05) is 13.1 Å². The van der Waals surface area contributed by atoms with Gasteiger partial charge in [-0.2, -0.15) is 0 Å². The molecule has 0 aromatic carbocycles. The first-order chi connectivity index (χ1) is 8.38. The Balaban J connectivity index is 2.42. The van der Waals surface area contributed by atoms with E-state index >= 15 is 0 Å². The van der Waals surface area contributed by atoms with Gasteiger partial charge < -0.3 is 4.90 Å². The van der Waals surface area contributed by atoms with E-state index in [-0.39, 0.29) is 0 Å². The molecule has 0 amide bonds. The number of hydrogen-bond donors (Lipinski definition) is 0. The summed E-state index contributed by atoms with van der Waals surface area (Å²) in [6.45, 7) is 7.40. The van der Waals surface area contributed by atoms with E-state index in [4.69, 9.17) is 0 Å². The van der Waals surface area contributed by atoms with E-state index in [2.05, 4.69) is 18.7 Å². The fourth-order valence-electron chi connectivity index (χ4n) is 3.10. The van der Waals surface area contributed by atoms with Gasteiger partial charge in [0.05, 0.1) is 0 Å². The van der Waals surface area contributed by atoms with Gasteiger partial charge in [0.15, 0.2) is 0 Å². The van der Waals surface area contributed by atoms with Crippen molar-refractivity contribution < 1.29 is 0 Å². The molecule has 1 heterocycles. The molecule has 17 heavy (non-hydrogen) atoms. The van der Waals surface area contributed by atoms with Crippen LogP contribution in [-0.2, 0) is 0 Å². The SMILES string of the molecule is CCCCC(CCC)N1CCCCCCCC1. The van der Waals surface area contributed by atoms with Gasteiger partial charge in [-0.05, 0) is 38.8 Å². The molecule has 1 rings (SSSR count).